The van der Waals surface area contributed by atoms with Crippen LogP contribution in [0.4, 0.5) is 0 Å². The van der Waals surface area contributed by atoms with Gasteiger partial charge in [-0.3, -0.25) is 24.4 Å². The molecule has 0 aliphatic carbocycles. The Kier molecular flexibility index (Phi) is 69.5. The highest BCUT2D eigenvalue weighted by Crippen LogP contribution is 2.24. The van der Waals surface area contributed by atoms with Crippen LogP contribution in [0.25, 0.3) is 0 Å². The number of carbonyl (C=O) groups is 1. The van der Waals surface area contributed by atoms with Gasteiger partial charge in [0.2, 0.25) is 0 Å². The van der Waals surface area contributed by atoms with Crippen LogP contribution in [0.15, 0.2) is 24.3 Å². The standard InChI is InChI=1S/C80H158N4O6S2/c1-5-9-13-17-21-25-29-31-33-35-39-43-47-49-56-76(85)72-83(73-77(86)57-50-48-44-40-36-34-32-30-26-22-18-14-10-6-2)61-54-53-60-80(89)90-69-67-81-63-65-82(66-64-81)68-71-92-91-70-55-62-84(74-78(87)58-51-45-41-37-27-23-19-15-11-7-3)75-79(88)59-52-46-42-38-28-24-20-16-12-8-4/h31-34,76-79,85-88H,5-30,35-75H2,1-4H3/b33-31-,34-32-. The highest BCUT2D eigenvalue weighted by molar-refractivity contribution is 8.76. The van der Waals surface area contributed by atoms with E-state index >= 15 is 0 Å². The molecule has 10 nitrogen and oxygen atoms in total. The molecular weight excluding hydrogens is 1180 g/mol. The molecule has 0 aromatic carbocycles. The number of piperazine rings is 1. The first-order chi connectivity index (χ1) is 45.2. The topological polar surface area (TPSA) is 120 Å². The number of hydrogen-bond donors (Lipinski definition) is 4. The summed E-state index contributed by atoms with van der Waals surface area (Å²) in [5, 5.41) is 44.6. The smallest absolute Gasteiger partial charge is 0.305 e. The van der Waals surface area contributed by atoms with Crippen LogP contribution in [0.1, 0.15) is 362 Å². The summed E-state index contributed by atoms with van der Waals surface area (Å²) < 4.78 is 5.76. The SMILES string of the molecule is CCCCCCCC/C=C\CCCCCCC(O)CN(CCCCC(=O)OCCN1CCN(CCSSCCCN(CC(O)CCCCCCCCCCCC)CC(O)CCCCCCCCCCCC)CC1)CC(O)CCCCCC/C=C\CCCCCCCC. The van der Waals surface area contributed by atoms with Gasteiger partial charge in [-0.2, -0.15) is 0 Å². The second-order valence-corrected chi connectivity index (χ2v) is 31.2. The van der Waals surface area contributed by atoms with Gasteiger partial charge in [-0.1, -0.05) is 305 Å². The fraction of sp³-hybridized carbons (Fsp3) is 0.938. The molecule has 4 N–H and O–H groups in total. The minimum absolute atomic E-state index is 0.117. The molecule has 4 unspecified atom stereocenters. The molecule has 0 amide bonds. The number of hydrogen-bond acceptors (Lipinski definition) is 12. The third kappa shape index (κ3) is 64.0. The van der Waals surface area contributed by atoms with E-state index in [1.54, 1.807) is 0 Å². The van der Waals surface area contributed by atoms with E-state index in [1.165, 1.54) is 231 Å². The number of unbranched alkanes of at least 4 members (excludes halogenated alkanes) is 39. The quantitative estimate of drug-likeness (QED) is 0.0201. The Bertz CT molecular complexity index is 1460. The molecule has 12 heteroatoms. The lowest BCUT2D eigenvalue weighted by Crippen LogP contribution is -2.47. The van der Waals surface area contributed by atoms with Gasteiger partial charge in [0, 0.05) is 83.4 Å². The molecule has 0 aromatic rings. The summed E-state index contributed by atoms with van der Waals surface area (Å²) in [6.07, 6.45) is 71.0. The summed E-state index contributed by atoms with van der Waals surface area (Å²) in [5.74, 6) is 2.07. The van der Waals surface area contributed by atoms with Gasteiger partial charge in [-0.25, -0.2) is 0 Å². The van der Waals surface area contributed by atoms with Crippen molar-refractivity contribution in [2.75, 3.05) is 96.6 Å². The van der Waals surface area contributed by atoms with E-state index in [9.17, 15) is 25.2 Å². The van der Waals surface area contributed by atoms with E-state index in [4.69, 9.17) is 4.74 Å². The Hall–Kier alpha value is -0.670. The Labute approximate surface area is 580 Å². The Morgan fingerprint density at radius 3 is 0.978 bits per heavy atom. The highest BCUT2D eigenvalue weighted by Gasteiger charge is 2.20. The number of aliphatic hydroxyl groups is 4. The maximum absolute atomic E-state index is 12.9. The normalized spacial score (nSPS) is 14.9. The minimum atomic E-state index is -0.400. The van der Waals surface area contributed by atoms with Crippen LogP contribution < -0.4 is 0 Å². The highest BCUT2D eigenvalue weighted by atomic mass is 33.1. The van der Waals surface area contributed by atoms with Gasteiger partial charge in [0.1, 0.15) is 6.61 Å². The van der Waals surface area contributed by atoms with Crippen molar-refractivity contribution in [1.82, 2.24) is 19.6 Å². The molecule has 1 aliphatic rings. The third-order valence-corrected chi connectivity index (χ3v) is 21.7. The predicted molar refractivity (Wildman–Crippen MR) is 407 cm³/mol. The van der Waals surface area contributed by atoms with Crippen molar-refractivity contribution in [2.24, 2.45) is 0 Å². The summed E-state index contributed by atoms with van der Waals surface area (Å²) in [6, 6.07) is 0. The molecule has 1 saturated heterocycles. The zero-order valence-corrected chi connectivity index (χ0v) is 63.3. The molecule has 0 aromatic heterocycles. The molecule has 546 valence electrons. The second kappa shape index (κ2) is 71.6. The summed E-state index contributed by atoms with van der Waals surface area (Å²) in [5.41, 5.74) is 0. The summed E-state index contributed by atoms with van der Waals surface area (Å²) in [4.78, 5) is 22.5. The van der Waals surface area contributed by atoms with Crippen LogP contribution in [0, 0.1) is 0 Å². The third-order valence-electron chi connectivity index (χ3n) is 19.3. The van der Waals surface area contributed by atoms with Gasteiger partial charge in [0.05, 0.1) is 24.4 Å². The molecule has 4 atom stereocenters. The average Bonchev–Trinajstić information content (AvgIpc) is 3.58. The zero-order valence-electron chi connectivity index (χ0n) is 61.7. The van der Waals surface area contributed by atoms with Crippen molar-refractivity contribution >= 4 is 27.6 Å². The van der Waals surface area contributed by atoms with Crippen molar-refractivity contribution in [3.05, 3.63) is 24.3 Å². The number of carbonyl (C=O) groups excluding carboxylic acids is 1. The van der Waals surface area contributed by atoms with Crippen LogP contribution in [0.2, 0.25) is 0 Å². The Morgan fingerprint density at radius 2 is 0.641 bits per heavy atom. The molecule has 1 rings (SSSR count). The van der Waals surface area contributed by atoms with Crippen LogP contribution >= 0.6 is 21.6 Å². The predicted octanol–water partition coefficient (Wildman–Crippen LogP) is 21.1. The van der Waals surface area contributed by atoms with E-state index in [2.05, 4.69) is 71.6 Å². The van der Waals surface area contributed by atoms with Gasteiger partial charge in [0.25, 0.3) is 0 Å². The van der Waals surface area contributed by atoms with Crippen LogP contribution in [0.5, 0.6) is 0 Å². The maximum Gasteiger partial charge on any atom is 0.305 e. The van der Waals surface area contributed by atoms with Gasteiger partial charge >= 0.3 is 5.97 Å². The van der Waals surface area contributed by atoms with Crippen molar-refractivity contribution < 1.29 is 30.0 Å². The number of rotatable bonds is 74. The van der Waals surface area contributed by atoms with E-state index in [1.807, 2.05) is 21.6 Å². The van der Waals surface area contributed by atoms with E-state index in [0.717, 1.165) is 160 Å². The molecule has 1 fully saturated rings. The zero-order chi connectivity index (χ0) is 66.5. The maximum atomic E-state index is 12.9. The first-order valence-corrected chi connectivity index (χ1v) is 43.0. The average molecular weight is 1340 g/mol. The van der Waals surface area contributed by atoms with Crippen molar-refractivity contribution in [2.45, 2.75) is 386 Å². The number of allylic oxidation sites excluding steroid dienone is 4. The van der Waals surface area contributed by atoms with E-state index in [-0.39, 0.29) is 18.2 Å². The molecule has 0 bridgehead atoms. The largest absolute Gasteiger partial charge is 0.464 e. The molecule has 1 heterocycles. The van der Waals surface area contributed by atoms with Crippen LogP contribution in [0.3, 0.4) is 0 Å². The van der Waals surface area contributed by atoms with E-state index < -0.39 is 12.2 Å². The fourth-order valence-electron chi connectivity index (χ4n) is 13.2. The van der Waals surface area contributed by atoms with Gasteiger partial charge in [-0.05, 0) is 109 Å². The number of aliphatic hydroxyl groups excluding tert-OH is 4. The molecular formula is C80H158N4O6S2. The number of esters is 1. The van der Waals surface area contributed by atoms with E-state index in [0.29, 0.717) is 39.2 Å². The summed E-state index contributed by atoms with van der Waals surface area (Å²) >= 11 is 0. The van der Waals surface area contributed by atoms with Crippen molar-refractivity contribution in [1.29, 1.82) is 0 Å². The fourth-order valence-corrected chi connectivity index (χ4v) is 15.3. The lowest BCUT2D eigenvalue weighted by Gasteiger charge is -2.34. The number of ether oxygens (including phenoxy) is 1. The first kappa shape index (κ1) is 89.3. The van der Waals surface area contributed by atoms with Gasteiger partial charge in [-0.15, -0.1) is 0 Å². The summed E-state index contributed by atoms with van der Waals surface area (Å²) in [7, 11) is 3.96. The lowest BCUT2D eigenvalue weighted by molar-refractivity contribution is -0.144. The Balaban J connectivity index is 2.42. The summed E-state index contributed by atoms with van der Waals surface area (Å²) in [6.45, 7) is 19.8. The monoisotopic (exact) mass is 1340 g/mol. The molecule has 1 aliphatic heterocycles. The van der Waals surface area contributed by atoms with Crippen LogP contribution in [-0.2, 0) is 9.53 Å². The number of nitrogens with zero attached hydrogens (tertiary/aromatic N) is 4. The van der Waals surface area contributed by atoms with Gasteiger partial charge < -0.3 is 25.2 Å². The molecule has 92 heavy (non-hydrogen) atoms. The van der Waals surface area contributed by atoms with Gasteiger partial charge in [0.15, 0.2) is 0 Å². The van der Waals surface area contributed by atoms with Crippen LogP contribution in [-0.4, -0.2) is 167 Å². The second-order valence-electron chi connectivity index (χ2n) is 28.5. The molecule has 0 spiro atoms. The first-order valence-electron chi connectivity index (χ1n) is 40.5. The van der Waals surface area contributed by atoms with Crippen molar-refractivity contribution in [3.8, 4) is 0 Å². The lowest BCUT2D eigenvalue weighted by atomic mass is 10.0. The Morgan fingerprint density at radius 1 is 0.359 bits per heavy atom. The minimum Gasteiger partial charge on any atom is -0.464 e. The molecule has 0 radical (unpaired) electrons. The molecule has 0 saturated carbocycles. The van der Waals surface area contributed by atoms with Crippen molar-refractivity contribution in [3.63, 3.8) is 0 Å².